The van der Waals surface area contributed by atoms with Gasteiger partial charge in [-0.1, -0.05) is 30.0 Å². The van der Waals surface area contributed by atoms with Gasteiger partial charge in [-0.15, -0.1) is 11.3 Å². The minimum atomic E-state index is -0.436. The van der Waals surface area contributed by atoms with E-state index in [1.54, 1.807) is 0 Å². The second-order valence-corrected chi connectivity index (χ2v) is 7.97. The van der Waals surface area contributed by atoms with Crippen molar-refractivity contribution in [3.63, 3.8) is 0 Å². The summed E-state index contributed by atoms with van der Waals surface area (Å²) in [7, 11) is 0. The number of H-pyrrole nitrogens is 1. The molecule has 1 aliphatic carbocycles. The van der Waals surface area contributed by atoms with E-state index in [-0.39, 0.29) is 11.3 Å². The second-order valence-electron chi connectivity index (χ2n) is 6.15. The summed E-state index contributed by atoms with van der Waals surface area (Å²) < 4.78 is 0. The van der Waals surface area contributed by atoms with Crippen LogP contribution in [-0.4, -0.2) is 21.6 Å². The number of aromatic amines is 1. The van der Waals surface area contributed by atoms with Crippen molar-refractivity contribution in [2.75, 3.05) is 5.75 Å². The second kappa shape index (κ2) is 6.65. The van der Waals surface area contributed by atoms with Gasteiger partial charge in [0, 0.05) is 10.9 Å². The molecular formula is C18H17N3O2S2. The number of primary amides is 1. The highest BCUT2D eigenvalue weighted by Gasteiger charge is 2.16. The van der Waals surface area contributed by atoms with Crippen molar-refractivity contribution in [2.45, 2.75) is 30.8 Å². The summed E-state index contributed by atoms with van der Waals surface area (Å²) in [5.74, 6) is -0.342. The molecule has 0 radical (unpaired) electrons. The summed E-state index contributed by atoms with van der Waals surface area (Å²) in [6.07, 6.45) is 4.73. The maximum atomic E-state index is 12.6. The van der Waals surface area contributed by atoms with Crippen molar-refractivity contribution in [2.24, 2.45) is 5.73 Å². The summed E-state index contributed by atoms with van der Waals surface area (Å²) in [6.45, 7) is 0. The minimum absolute atomic E-state index is 0.0947. The zero-order chi connectivity index (χ0) is 17.4. The molecule has 0 saturated carbocycles. The maximum Gasteiger partial charge on any atom is 0.260 e. The van der Waals surface area contributed by atoms with E-state index in [0.717, 1.165) is 35.7 Å². The number of aromatic nitrogens is 2. The normalized spacial score (nSPS) is 13.8. The van der Waals surface area contributed by atoms with Gasteiger partial charge in [-0.05, 0) is 42.4 Å². The van der Waals surface area contributed by atoms with Gasteiger partial charge in [-0.25, -0.2) is 4.98 Å². The van der Waals surface area contributed by atoms with Crippen molar-refractivity contribution in [3.8, 4) is 11.1 Å². The number of carbonyl (C=O) groups is 1. The molecule has 3 N–H and O–H groups in total. The van der Waals surface area contributed by atoms with E-state index in [1.807, 2.05) is 5.38 Å². The van der Waals surface area contributed by atoms with Gasteiger partial charge in [-0.2, -0.15) is 0 Å². The Balaban J connectivity index is 1.76. The van der Waals surface area contributed by atoms with E-state index < -0.39 is 5.91 Å². The molecule has 25 heavy (non-hydrogen) atoms. The number of carbonyl (C=O) groups excluding carboxylic acids is 1. The SMILES string of the molecule is NC(=O)CSc1nc2scc(-c3ccc4c(c3)CCCC4)c2c(=O)[nH]1. The van der Waals surface area contributed by atoms with Crippen LogP contribution in [0.3, 0.4) is 0 Å². The fourth-order valence-corrected chi connectivity index (χ4v) is 4.86. The molecule has 1 aliphatic rings. The standard InChI is InChI=1S/C18H17N3O2S2/c19-14(22)9-25-18-20-16(23)15-13(8-24-17(15)21-18)12-6-5-10-3-1-2-4-11(10)7-12/h5-8H,1-4,9H2,(H2,19,22)(H,20,21,23). The number of benzene rings is 1. The van der Waals surface area contributed by atoms with Crippen LogP contribution in [0.25, 0.3) is 21.3 Å². The lowest BCUT2D eigenvalue weighted by Crippen LogP contribution is -2.15. The van der Waals surface area contributed by atoms with Crippen LogP contribution in [0.1, 0.15) is 24.0 Å². The number of rotatable bonds is 4. The number of thioether (sulfide) groups is 1. The van der Waals surface area contributed by atoms with Gasteiger partial charge in [-0.3, -0.25) is 9.59 Å². The van der Waals surface area contributed by atoms with Crippen LogP contribution in [0.2, 0.25) is 0 Å². The summed E-state index contributed by atoms with van der Waals surface area (Å²) in [6, 6.07) is 6.50. The molecule has 0 fully saturated rings. The molecule has 0 aliphatic heterocycles. The molecule has 5 nitrogen and oxygen atoms in total. The van der Waals surface area contributed by atoms with Gasteiger partial charge in [0.25, 0.3) is 5.56 Å². The average Bonchev–Trinajstić information content (AvgIpc) is 3.04. The molecule has 2 aromatic heterocycles. The third kappa shape index (κ3) is 3.21. The van der Waals surface area contributed by atoms with E-state index in [9.17, 15) is 9.59 Å². The third-order valence-electron chi connectivity index (χ3n) is 4.43. The van der Waals surface area contributed by atoms with Crippen molar-refractivity contribution in [3.05, 3.63) is 45.1 Å². The Kier molecular flexibility index (Phi) is 4.35. The average molecular weight is 371 g/mol. The van der Waals surface area contributed by atoms with Crippen molar-refractivity contribution in [1.82, 2.24) is 9.97 Å². The first-order chi connectivity index (χ1) is 12.1. The molecule has 3 aromatic rings. The first kappa shape index (κ1) is 16.4. The van der Waals surface area contributed by atoms with Crippen LogP contribution in [0.15, 0.2) is 33.5 Å². The number of aryl methyl sites for hydroxylation is 2. The number of nitrogens with zero attached hydrogens (tertiary/aromatic N) is 1. The Labute approximate surface area is 152 Å². The van der Waals surface area contributed by atoms with E-state index in [2.05, 4.69) is 28.2 Å². The molecule has 1 amide bonds. The number of hydrogen-bond acceptors (Lipinski definition) is 5. The van der Waals surface area contributed by atoms with Crippen LogP contribution in [0.4, 0.5) is 0 Å². The lowest BCUT2D eigenvalue weighted by atomic mass is 9.89. The lowest BCUT2D eigenvalue weighted by Gasteiger charge is -2.16. The van der Waals surface area contributed by atoms with Crippen LogP contribution in [0.5, 0.6) is 0 Å². The highest BCUT2D eigenvalue weighted by Crippen LogP contribution is 2.34. The summed E-state index contributed by atoms with van der Waals surface area (Å²) in [5, 5.41) is 3.03. The minimum Gasteiger partial charge on any atom is -0.369 e. The topological polar surface area (TPSA) is 88.8 Å². The summed E-state index contributed by atoms with van der Waals surface area (Å²) in [4.78, 5) is 31.4. The Morgan fingerprint density at radius 2 is 2.08 bits per heavy atom. The van der Waals surface area contributed by atoms with Gasteiger partial charge < -0.3 is 10.7 Å². The van der Waals surface area contributed by atoms with Gasteiger partial charge in [0.05, 0.1) is 11.1 Å². The monoisotopic (exact) mass is 371 g/mol. The van der Waals surface area contributed by atoms with Gasteiger partial charge >= 0.3 is 0 Å². The van der Waals surface area contributed by atoms with Crippen LogP contribution in [0, 0.1) is 0 Å². The molecule has 4 rings (SSSR count). The summed E-state index contributed by atoms with van der Waals surface area (Å²) in [5.41, 5.74) is 9.78. The largest absolute Gasteiger partial charge is 0.369 e. The van der Waals surface area contributed by atoms with Crippen LogP contribution >= 0.6 is 23.1 Å². The molecule has 0 unspecified atom stereocenters. The number of hydrogen-bond donors (Lipinski definition) is 2. The smallest absolute Gasteiger partial charge is 0.260 e. The number of amides is 1. The van der Waals surface area contributed by atoms with E-state index in [4.69, 9.17) is 5.73 Å². The first-order valence-electron chi connectivity index (χ1n) is 8.16. The highest BCUT2D eigenvalue weighted by atomic mass is 32.2. The van der Waals surface area contributed by atoms with E-state index in [1.165, 1.54) is 35.3 Å². The molecular weight excluding hydrogens is 354 g/mol. The number of nitrogens with two attached hydrogens (primary N) is 1. The molecule has 0 bridgehead atoms. The molecule has 1 aromatic carbocycles. The number of fused-ring (bicyclic) bond motifs is 2. The molecule has 128 valence electrons. The Bertz CT molecular complexity index is 1020. The van der Waals surface area contributed by atoms with E-state index >= 15 is 0 Å². The number of nitrogens with one attached hydrogen (secondary N) is 1. The van der Waals surface area contributed by atoms with Crippen LogP contribution in [-0.2, 0) is 17.6 Å². The lowest BCUT2D eigenvalue weighted by molar-refractivity contribution is -0.115. The van der Waals surface area contributed by atoms with Gasteiger partial charge in [0.2, 0.25) is 5.91 Å². The van der Waals surface area contributed by atoms with Crippen molar-refractivity contribution in [1.29, 1.82) is 0 Å². The number of thiophene rings is 1. The predicted molar refractivity (Wildman–Crippen MR) is 102 cm³/mol. The fourth-order valence-electron chi connectivity index (χ4n) is 3.25. The van der Waals surface area contributed by atoms with Crippen molar-refractivity contribution < 1.29 is 4.79 Å². The van der Waals surface area contributed by atoms with Crippen LogP contribution < -0.4 is 11.3 Å². The van der Waals surface area contributed by atoms with Crippen molar-refractivity contribution >= 4 is 39.2 Å². The Morgan fingerprint density at radius 3 is 2.88 bits per heavy atom. The maximum absolute atomic E-state index is 12.6. The third-order valence-corrected chi connectivity index (χ3v) is 6.20. The molecule has 0 saturated heterocycles. The van der Waals surface area contributed by atoms with Gasteiger partial charge in [0.1, 0.15) is 4.83 Å². The zero-order valence-corrected chi connectivity index (χ0v) is 15.1. The Morgan fingerprint density at radius 1 is 1.28 bits per heavy atom. The summed E-state index contributed by atoms with van der Waals surface area (Å²) >= 11 is 2.59. The van der Waals surface area contributed by atoms with Gasteiger partial charge in [0.15, 0.2) is 5.16 Å². The quantitative estimate of drug-likeness (QED) is 0.545. The highest BCUT2D eigenvalue weighted by molar-refractivity contribution is 7.99. The molecule has 0 atom stereocenters. The first-order valence-corrected chi connectivity index (χ1v) is 10.0. The predicted octanol–water partition coefficient (Wildman–Crippen LogP) is 3.11. The van der Waals surface area contributed by atoms with E-state index in [0.29, 0.717) is 15.4 Å². The zero-order valence-electron chi connectivity index (χ0n) is 13.5. The fraction of sp³-hybridized carbons (Fsp3) is 0.278. The molecule has 7 heteroatoms. The molecule has 0 spiro atoms. The Hall–Kier alpha value is -2.12. The molecule has 2 heterocycles.